The van der Waals surface area contributed by atoms with Crippen LogP contribution in [0.1, 0.15) is 15.9 Å². The molecule has 96 valence electrons. The molecule has 2 aromatic carbocycles. The maximum atomic E-state index is 12.8. The molecule has 1 heterocycles. The maximum Gasteiger partial charge on any atom is 0.201 e. The van der Waals surface area contributed by atoms with Crippen LogP contribution >= 0.6 is 0 Å². The van der Waals surface area contributed by atoms with Crippen LogP contribution in [-0.2, 0) is 15.1 Å². The van der Waals surface area contributed by atoms with Gasteiger partial charge in [0.2, 0.25) is 5.78 Å². The number of hydrogen-bond acceptors (Lipinski definition) is 3. The predicted molar refractivity (Wildman–Crippen MR) is 70.8 cm³/mol. The van der Waals surface area contributed by atoms with Crippen molar-refractivity contribution in [3.8, 4) is 0 Å². The van der Waals surface area contributed by atoms with Crippen LogP contribution in [0.3, 0.4) is 0 Å². The van der Waals surface area contributed by atoms with E-state index in [0.717, 1.165) is 5.56 Å². The van der Waals surface area contributed by atoms with Gasteiger partial charge in [-0.25, -0.2) is 0 Å². The van der Waals surface area contributed by atoms with E-state index in [1.54, 1.807) is 12.1 Å². The van der Waals surface area contributed by atoms with E-state index in [4.69, 9.17) is 9.47 Å². The van der Waals surface area contributed by atoms with Crippen molar-refractivity contribution in [2.24, 2.45) is 0 Å². The minimum Gasteiger partial charge on any atom is -0.351 e. The van der Waals surface area contributed by atoms with Gasteiger partial charge in [0.1, 0.15) is 6.79 Å². The second-order valence-corrected chi connectivity index (χ2v) is 4.50. The zero-order chi connectivity index (χ0) is 13.1. The molecule has 0 saturated carbocycles. The van der Waals surface area contributed by atoms with Crippen LogP contribution in [0.15, 0.2) is 60.7 Å². The Bertz CT molecular complexity index is 557. The number of benzene rings is 2. The molecule has 1 unspecified atom stereocenters. The molecule has 1 atom stereocenters. The highest BCUT2D eigenvalue weighted by Crippen LogP contribution is 2.34. The minimum atomic E-state index is -1.01. The third-order valence-corrected chi connectivity index (χ3v) is 3.34. The van der Waals surface area contributed by atoms with Gasteiger partial charge in [-0.15, -0.1) is 0 Å². The van der Waals surface area contributed by atoms with Gasteiger partial charge in [0.05, 0.1) is 6.61 Å². The van der Waals surface area contributed by atoms with E-state index in [1.165, 1.54) is 0 Å². The largest absolute Gasteiger partial charge is 0.351 e. The number of hydrogen-bond donors (Lipinski definition) is 0. The molecular weight excluding hydrogens is 240 g/mol. The standard InChI is InChI=1S/C16H14O3/c17-15(13-7-3-1-4-8-13)16(11-18-12-19-16)14-9-5-2-6-10-14/h1-10H,11-12H2. The molecule has 1 aliphatic heterocycles. The van der Waals surface area contributed by atoms with E-state index in [0.29, 0.717) is 5.56 Å². The van der Waals surface area contributed by atoms with Crippen molar-refractivity contribution in [3.63, 3.8) is 0 Å². The molecule has 3 nitrogen and oxygen atoms in total. The summed E-state index contributed by atoms with van der Waals surface area (Å²) in [4.78, 5) is 12.8. The fourth-order valence-electron chi connectivity index (χ4n) is 2.33. The molecule has 0 aliphatic carbocycles. The van der Waals surface area contributed by atoms with Crippen LogP contribution < -0.4 is 0 Å². The van der Waals surface area contributed by atoms with Gasteiger partial charge in [-0.3, -0.25) is 4.79 Å². The second kappa shape index (κ2) is 4.96. The normalized spacial score (nSPS) is 22.3. The number of carbonyl (C=O) groups excluding carboxylic acids is 1. The van der Waals surface area contributed by atoms with Crippen molar-refractivity contribution in [3.05, 3.63) is 71.8 Å². The molecule has 0 N–H and O–H groups in total. The molecule has 19 heavy (non-hydrogen) atoms. The molecule has 1 fully saturated rings. The Labute approximate surface area is 111 Å². The highest BCUT2D eigenvalue weighted by Gasteiger charge is 2.45. The van der Waals surface area contributed by atoms with Crippen LogP contribution in [-0.4, -0.2) is 19.2 Å². The summed E-state index contributed by atoms with van der Waals surface area (Å²) >= 11 is 0. The first-order valence-electron chi connectivity index (χ1n) is 6.20. The van der Waals surface area contributed by atoms with Gasteiger partial charge in [-0.1, -0.05) is 60.7 Å². The Morgan fingerprint density at radius 2 is 1.58 bits per heavy atom. The van der Waals surface area contributed by atoms with Crippen molar-refractivity contribution in [2.45, 2.75) is 5.60 Å². The van der Waals surface area contributed by atoms with Gasteiger partial charge in [0.15, 0.2) is 5.60 Å². The lowest BCUT2D eigenvalue weighted by Gasteiger charge is -2.25. The maximum absolute atomic E-state index is 12.8. The molecular formula is C16H14O3. The molecule has 0 amide bonds. The first kappa shape index (κ1) is 12.1. The van der Waals surface area contributed by atoms with E-state index in [1.807, 2.05) is 48.5 Å². The molecule has 3 rings (SSSR count). The Kier molecular flexibility index (Phi) is 3.15. The highest BCUT2D eigenvalue weighted by atomic mass is 16.7. The van der Waals surface area contributed by atoms with E-state index in [-0.39, 0.29) is 19.2 Å². The van der Waals surface area contributed by atoms with Crippen molar-refractivity contribution >= 4 is 5.78 Å². The quantitative estimate of drug-likeness (QED) is 0.790. The summed E-state index contributed by atoms with van der Waals surface area (Å²) in [6, 6.07) is 18.7. The van der Waals surface area contributed by atoms with Crippen molar-refractivity contribution in [2.75, 3.05) is 13.4 Å². The lowest BCUT2D eigenvalue weighted by atomic mass is 9.86. The van der Waals surface area contributed by atoms with Gasteiger partial charge < -0.3 is 9.47 Å². The van der Waals surface area contributed by atoms with Crippen LogP contribution in [0.4, 0.5) is 0 Å². The summed E-state index contributed by atoms with van der Waals surface area (Å²) in [7, 11) is 0. The topological polar surface area (TPSA) is 35.5 Å². The fourth-order valence-corrected chi connectivity index (χ4v) is 2.33. The summed E-state index contributed by atoms with van der Waals surface area (Å²) in [6.45, 7) is 0.401. The number of Topliss-reactive ketones (excluding diaryl/α,β-unsaturated/α-hetero) is 1. The lowest BCUT2D eigenvalue weighted by molar-refractivity contribution is -0.00231. The summed E-state index contributed by atoms with van der Waals surface area (Å²) in [5.41, 5.74) is 0.459. The minimum absolute atomic E-state index is 0.0585. The summed E-state index contributed by atoms with van der Waals surface area (Å²) in [5.74, 6) is -0.0585. The summed E-state index contributed by atoms with van der Waals surface area (Å²) in [6.07, 6.45) is 0. The smallest absolute Gasteiger partial charge is 0.201 e. The first-order valence-corrected chi connectivity index (χ1v) is 6.20. The molecule has 2 aromatic rings. The molecule has 0 spiro atoms. The van der Waals surface area contributed by atoms with Crippen LogP contribution in [0.25, 0.3) is 0 Å². The van der Waals surface area contributed by atoms with Gasteiger partial charge in [0.25, 0.3) is 0 Å². The van der Waals surface area contributed by atoms with Gasteiger partial charge in [-0.05, 0) is 5.56 Å². The first-order chi connectivity index (χ1) is 9.33. The molecule has 1 aliphatic rings. The molecule has 0 bridgehead atoms. The zero-order valence-corrected chi connectivity index (χ0v) is 10.4. The predicted octanol–water partition coefficient (Wildman–Crippen LogP) is 2.77. The Morgan fingerprint density at radius 1 is 0.947 bits per heavy atom. The third-order valence-electron chi connectivity index (χ3n) is 3.34. The highest BCUT2D eigenvalue weighted by molar-refractivity contribution is 6.03. The molecule has 0 radical (unpaired) electrons. The molecule has 1 saturated heterocycles. The van der Waals surface area contributed by atoms with E-state index in [2.05, 4.69) is 0 Å². The average molecular weight is 254 g/mol. The summed E-state index contributed by atoms with van der Waals surface area (Å²) in [5, 5.41) is 0. The van der Waals surface area contributed by atoms with Crippen molar-refractivity contribution in [1.82, 2.24) is 0 Å². The Hall–Kier alpha value is -1.97. The van der Waals surface area contributed by atoms with Crippen LogP contribution in [0, 0.1) is 0 Å². The Balaban J connectivity index is 2.05. The van der Waals surface area contributed by atoms with Crippen molar-refractivity contribution in [1.29, 1.82) is 0 Å². The fraction of sp³-hybridized carbons (Fsp3) is 0.188. The average Bonchev–Trinajstić information content (AvgIpc) is 2.99. The van der Waals surface area contributed by atoms with Crippen LogP contribution in [0.5, 0.6) is 0 Å². The Morgan fingerprint density at radius 3 is 2.16 bits per heavy atom. The van der Waals surface area contributed by atoms with Crippen molar-refractivity contribution < 1.29 is 14.3 Å². The van der Waals surface area contributed by atoms with Gasteiger partial charge in [0, 0.05) is 5.56 Å². The number of ketones is 1. The van der Waals surface area contributed by atoms with E-state index >= 15 is 0 Å². The van der Waals surface area contributed by atoms with Gasteiger partial charge >= 0.3 is 0 Å². The summed E-state index contributed by atoms with van der Waals surface area (Å²) < 4.78 is 11.0. The molecule has 0 aromatic heterocycles. The third kappa shape index (κ3) is 2.07. The monoisotopic (exact) mass is 254 g/mol. The van der Waals surface area contributed by atoms with E-state index in [9.17, 15) is 4.79 Å². The van der Waals surface area contributed by atoms with Crippen LogP contribution in [0.2, 0.25) is 0 Å². The van der Waals surface area contributed by atoms with Gasteiger partial charge in [-0.2, -0.15) is 0 Å². The van der Waals surface area contributed by atoms with E-state index < -0.39 is 5.60 Å². The number of carbonyl (C=O) groups is 1. The molecule has 3 heteroatoms. The SMILES string of the molecule is O=C(c1ccccc1)C1(c2ccccc2)COCO1. The lowest BCUT2D eigenvalue weighted by Crippen LogP contribution is -2.38. The number of ether oxygens (including phenoxy) is 2. The second-order valence-electron chi connectivity index (χ2n) is 4.50. The number of rotatable bonds is 3. The zero-order valence-electron chi connectivity index (χ0n) is 10.4.